The fourth-order valence-corrected chi connectivity index (χ4v) is 4.46. The van der Waals surface area contributed by atoms with Gasteiger partial charge in [-0.05, 0) is 61.4 Å². The van der Waals surface area contributed by atoms with Gasteiger partial charge in [0.1, 0.15) is 27.8 Å². The Balaban J connectivity index is 1.34. The van der Waals surface area contributed by atoms with Crippen LogP contribution < -0.4 is 24.8 Å². The van der Waals surface area contributed by atoms with Crippen molar-refractivity contribution in [2.75, 3.05) is 24.4 Å². The summed E-state index contributed by atoms with van der Waals surface area (Å²) in [7, 11) is 1.46. The molecule has 0 saturated heterocycles. The number of amides is 2. The first-order valence-corrected chi connectivity index (χ1v) is 13.2. The van der Waals surface area contributed by atoms with E-state index in [4.69, 9.17) is 30.9 Å². The molecule has 42 heavy (non-hydrogen) atoms. The van der Waals surface area contributed by atoms with Crippen LogP contribution in [0.1, 0.15) is 19.3 Å². The number of anilines is 2. The highest BCUT2D eigenvalue weighted by atomic mass is 35.5. The van der Waals surface area contributed by atoms with E-state index in [0.29, 0.717) is 46.7 Å². The number of methoxy groups -OCH3 is 1. The van der Waals surface area contributed by atoms with Crippen LogP contribution in [0.2, 0.25) is 5.02 Å². The number of carbonyl (C=O) groups is 3. The van der Waals surface area contributed by atoms with Gasteiger partial charge in [0.05, 0.1) is 31.3 Å². The van der Waals surface area contributed by atoms with Crippen LogP contribution in [-0.2, 0) is 14.4 Å². The van der Waals surface area contributed by atoms with Crippen molar-refractivity contribution >= 4 is 51.7 Å². The third-order valence-corrected chi connectivity index (χ3v) is 7.10. The number of fused-ring (bicyclic) bond motifs is 1. The molecule has 1 saturated carbocycles. The van der Waals surface area contributed by atoms with E-state index in [2.05, 4.69) is 15.6 Å². The molecular weight excluding hydrogens is 569 g/mol. The van der Waals surface area contributed by atoms with Crippen molar-refractivity contribution in [3.8, 4) is 23.0 Å². The first-order chi connectivity index (χ1) is 20.2. The molecule has 0 bridgehead atoms. The molecule has 0 unspecified atom stereocenters. The van der Waals surface area contributed by atoms with E-state index < -0.39 is 29.0 Å². The van der Waals surface area contributed by atoms with Crippen LogP contribution in [0.25, 0.3) is 10.9 Å². The molecule has 216 valence electrons. The summed E-state index contributed by atoms with van der Waals surface area (Å²) >= 11 is 6.63. The minimum atomic E-state index is -1.27. The summed E-state index contributed by atoms with van der Waals surface area (Å²) in [5.74, 6) is -1.12. The molecule has 5 rings (SSSR count). The Kier molecular flexibility index (Phi) is 8.12. The monoisotopic (exact) mass is 593 g/mol. The zero-order valence-electron chi connectivity index (χ0n) is 22.3. The van der Waals surface area contributed by atoms with Gasteiger partial charge in [-0.1, -0.05) is 17.7 Å². The lowest BCUT2D eigenvalue weighted by Gasteiger charge is -2.17. The fraction of sp³-hybridized carbons (Fsp3) is 0.200. The Morgan fingerprint density at radius 3 is 2.40 bits per heavy atom. The Morgan fingerprint density at radius 2 is 1.71 bits per heavy atom. The van der Waals surface area contributed by atoms with Crippen molar-refractivity contribution in [1.29, 1.82) is 0 Å². The van der Waals surface area contributed by atoms with Gasteiger partial charge >= 0.3 is 5.97 Å². The molecule has 1 aliphatic carbocycles. The second-order valence-electron chi connectivity index (χ2n) is 9.54. The Labute approximate surface area is 244 Å². The molecule has 1 heterocycles. The van der Waals surface area contributed by atoms with E-state index in [9.17, 15) is 18.8 Å². The number of halogens is 2. The number of aliphatic carboxylic acids is 1. The summed E-state index contributed by atoms with van der Waals surface area (Å²) < 4.78 is 30.3. The minimum Gasteiger partial charge on any atom is -0.493 e. The van der Waals surface area contributed by atoms with Gasteiger partial charge < -0.3 is 30.0 Å². The van der Waals surface area contributed by atoms with Crippen LogP contribution in [0.15, 0.2) is 66.9 Å². The lowest BCUT2D eigenvalue weighted by atomic mass is 10.0. The number of carboxylic acids is 1. The maximum Gasteiger partial charge on any atom is 0.306 e. The molecule has 1 aromatic heterocycles. The molecule has 1 fully saturated rings. The maximum atomic E-state index is 13.2. The molecule has 0 radical (unpaired) electrons. The van der Waals surface area contributed by atoms with Crippen LogP contribution in [0.3, 0.4) is 0 Å². The summed E-state index contributed by atoms with van der Waals surface area (Å²) in [4.78, 5) is 41.3. The van der Waals surface area contributed by atoms with Gasteiger partial charge in [-0.2, -0.15) is 0 Å². The van der Waals surface area contributed by atoms with Crippen molar-refractivity contribution in [1.82, 2.24) is 4.98 Å². The van der Waals surface area contributed by atoms with Crippen molar-refractivity contribution in [3.63, 3.8) is 0 Å². The summed E-state index contributed by atoms with van der Waals surface area (Å²) in [5.41, 5.74) is -0.127. The van der Waals surface area contributed by atoms with Crippen molar-refractivity contribution in [2.24, 2.45) is 5.41 Å². The van der Waals surface area contributed by atoms with E-state index in [-0.39, 0.29) is 29.5 Å². The lowest BCUT2D eigenvalue weighted by molar-refractivity contribution is -0.137. The number of ether oxygens (including phenoxy) is 3. The van der Waals surface area contributed by atoms with Crippen molar-refractivity contribution in [3.05, 3.63) is 77.7 Å². The predicted molar refractivity (Wildman–Crippen MR) is 153 cm³/mol. The van der Waals surface area contributed by atoms with Crippen LogP contribution in [0.5, 0.6) is 23.0 Å². The van der Waals surface area contributed by atoms with Gasteiger partial charge in [-0.3, -0.25) is 19.4 Å². The van der Waals surface area contributed by atoms with Crippen LogP contribution in [0, 0.1) is 11.2 Å². The first-order valence-electron chi connectivity index (χ1n) is 12.9. The maximum absolute atomic E-state index is 13.2. The second-order valence-corrected chi connectivity index (χ2v) is 9.92. The topological polar surface area (TPSA) is 136 Å². The summed E-state index contributed by atoms with van der Waals surface area (Å²) in [6, 6.07) is 15.1. The highest BCUT2D eigenvalue weighted by Crippen LogP contribution is 2.48. The number of hydrogen-bond acceptors (Lipinski definition) is 7. The molecule has 10 nitrogen and oxygen atoms in total. The SMILES string of the molecule is COc1cc2c(Oc3cccc(NC(=O)C4(C(=O)Nc5ccc(F)cc5)CC4)c3Cl)ccnc2cc1OCCC(=O)O. The van der Waals surface area contributed by atoms with Gasteiger partial charge in [0.15, 0.2) is 11.5 Å². The average molecular weight is 594 g/mol. The number of aromatic nitrogens is 1. The number of hydrogen-bond donors (Lipinski definition) is 3. The minimum absolute atomic E-state index is 0.0449. The zero-order valence-corrected chi connectivity index (χ0v) is 23.0. The van der Waals surface area contributed by atoms with Gasteiger partial charge in [-0.25, -0.2) is 4.39 Å². The number of carbonyl (C=O) groups excluding carboxylic acids is 2. The summed E-state index contributed by atoms with van der Waals surface area (Å²) in [6.45, 7) is -0.0449. The lowest BCUT2D eigenvalue weighted by Crippen LogP contribution is -2.35. The van der Waals surface area contributed by atoms with Crippen molar-refractivity contribution in [2.45, 2.75) is 19.3 Å². The van der Waals surface area contributed by atoms with Gasteiger partial charge in [0.25, 0.3) is 0 Å². The predicted octanol–water partition coefficient (Wildman–Crippen LogP) is 6.04. The van der Waals surface area contributed by atoms with E-state index in [0.717, 1.165) is 0 Å². The van der Waals surface area contributed by atoms with E-state index in [1.807, 2.05) is 0 Å². The number of pyridine rings is 1. The van der Waals surface area contributed by atoms with Crippen LogP contribution in [-0.4, -0.2) is 41.6 Å². The highest BCUT2D eigenvalue weighted by Gasteiger charge is 2.56. The molecule has 1 aliphatic rings. The first kappa shape index (κ1) is 28.6. The zero-order chi connectivity index (χ0) is 29.9. The van der Waals surface area contributed by atoms with Crippen LogP contribution in [0.4, 0.5) is 15.8 Å². The molecule has 0 spiro atoms. The number of nitrogens with one attached hydrogen (secondary N) is 2. The Hall–Kier alpha value is -4.90. The average Bonchev–Trinajstić information content (AvgIpc) is 3.78. The molecule has 0 atom stereocenters. The summed E-state index contributed by atoms with van der Waals surface area (Å²) in [5, 5.41) is 15.0. The standard InChI is InChI=1S/C30H25ClFN3O7/c1-40-24-15-19-21(16-25(24)41-14-10-26(36)37)33-13-9-22(19)42-23-4-2-3-20(27(23)31)35-29(39)30(11-12-30)28(38)34-18-7-5-17(32)6-8-18/h2-9,13,15-16H,10-12,14H2,1H3,(H,34,38)(H,35,39)(H,36,37). The fourth-order valence-electron chi connectivity index (χ4n) is 4.25. The van der Waals surface area contributed by atoms with Gasteiger partial charge in [0.2, 0.25) is 11.8 Å². The molecule has 0 aliphatic heterocycles. The van der Waals surface area contributed by atoms with E-state index in [1.54, 1.807) is 36.4 Å². The molecule has 4 aromatic rings. The van der Waals surface area contributed by atoms with Crippen molar-refractivity contribution < 1.29 is 38.1 Å². The number of nitrogens with zero attached hydrogens (tertiary/aromatic N) is 1. The number of rotatable bonds is 11. The molecule has 12 heteroatoms. The molecule has 3 aromatic carbocycles. The summed E-state index contributed by atoms with van der Waals surface area (Å²) in [6.07, 6.45) is 2.06. The smallest absolute Gasteiger partial charge is 0.306 e. The quantitative estimate of drug-likeness (QED) is 0.179. The number of benzene rings is 3. The van der Waals surface area contributed by atoms with Gasteiger partial charge in [0, 0.05) is 23.3 Å². The highest BCUT2D eigenvalue weighted by molar-refractivity contribution is 6.35. The molecular formula is C30H25ClFN3O7. The molecule has 2 amide bonds. The van der Waals surface area contributed by atoms with Gasteiger partial charge in [-0.15, -0.1) is 0 Å². The van der Waals surface area contributed by atoms with E-state index in [1.165, 1.54) is 37.6 Å². The normalized spacial score (nSPS) is 13.2. The molecule has 3 N–H and O–H groups in total. The largest absolute Gasteiger partial charge is 0.493 e. The van der Waals surface area contributed by atoms with Crippen LogP contribution >= 0.6 is 11.6 Å². The third kappa shape index (κ3) is 6.06. The second kappa shape index (κ2) is 11.9. The third-order valence-electron chi connectivity index (χ3n) is 6.71. The Morgan fingerprint density at radius 1 is 0.976 bits per heavy atom. The Bertz CT molecular complexity index is 1680. The van der Waals surface area contributed by atoms with E-state index >= 15 is 0 Å². The number of carboxylic acid groups (broad SMARTS) is 1.